The van der Waals surface area contributed by atoms with Crippen LogP contribution in [0, 0.1) is 5.92 Å². The van der Waals surface area contributed by atoms with Gasteiger partial charge in [-0.2, -0.15) is 0 Å². The van der Waals surface area contributed by atoms with Crippen LogP contribution in [0.2, 0.25) is 0 Å². The van der Waals surface area contributed by atoms with Crippen LogP contribution in [0.1, 0.15) is 34.1 Å². The van der Waals surface area contributed by atoms with Crippen molar-refractivity contribution >= 4 is 0 Å². The predicted octanol–water partition coefficient (Wildman–Crippen LogP) is 3.24. The van der Waals surface area contributed by atoms with Gasteiger partial charge in [0.15, 0.2) is 0 Å². The molecule has 0 bridgehead atoms. The zero-order chi connectivity index (χ0) is 10.9. The van der Waals surface area contributed by atoms with Crippen molar-refractivity contribution in [3.8, 4) is 0 Å². The highest BCUT2D eigenvalue weighted by atomic mass is 15.0. The van der Waals surface area contributed by atoms with Crippen LogP contribution in [0.25, 0.3) is 0 Å². The van der Waals surface area contributed by atoms with E-state index in [-0.39, 0.29) is 0 Å². The van der Waals surface area contributed by atoms with Crippen LogP contribution in [0.4, 0.5) is 0 Å². The molecule has 1 atom stereocenters. The van der Waals surface area contributed by atoms with Gasteiger partial charge in [-0.1, -0.05) is 18.1 Å². The first-order valence-electron chi connectivity index (χ1n) is 5.47. The predicted molar refractivity (Wildman–Crippen MR) is 63.4 cm³/mol. The molecule has 0 saturated carbocycles. The first-order valence-corrected chi connectivity index (χ1v) is 5.47. The van der Waals surface area contributed by atoms with E-state index >= 15 is 0 Å². The maximum absolute atomic E-state index is 2.33. The van der Waals surface area contributed by atoms with Gasteiger partial charge in [0.1, 0.15) is 0 Å². The minimum Gasteiger partial charge on any atom is -0.309 e. The average Bonchev–Trinajstić information content (AvgIpc) is 2.29. The van der Waals surface area contributed by atoms with E-state index < -0.39 is 0 Å². The second-order valence-electron chi connectivity index (χ2n) is 4.73. The first kappa shape index (κ1) is 11.5. The second kappa shape index (κ2) is 4.31. The Morgan fingerprint density at radius 2 is 1.64 bits per heavy atom. The molecule has 14 heavy (non-hydrogen) atoms. The highest BCUT2D eigenvalue weighted by Gasteiger charge is 2.22. The highest BCUT2D eigenvalue weighted by Crippen LogP contribution is 2.37. The van der Waals surface area contributed by atoms with E-state index in [0.29, 0.717) is 5.92 Å². The maximum atomic E-state index is 2.33. The largest absolute Gasteiger partial charge is 0.309 e. The van der Waals surface area contributed by atoms with Gasteiger partial charge in [-0.05, 0) is 58.4 Å². The molecule has 0 aromatic carbocycles. The fourth-order valence-corrected chi connectivity index (χ4v) is 2.20. The molecule has 0 amide bonds. The van der Waals surface area contributed by atoms with Gasteiger partial charge in [-0.25, -0.2) is 0 Å². The van der Waals surface area contributed by atoms with E-state index in [2.05, 4.69) is 46.7 Å². The summed E-state index contributed by atoms with van der Waals surface area (Å²) >= 11 is 0. The number of hydrogen-bond donors (Lipinski definition) is 0. The standard InChI is InChI=1S/C13H23N/c1-9-10(2)12(4)13(11(9)3)7-8-14(5)6/h11H,7-8H2,1-6H3. The summed E-state index contributed by atoms with van der Waals surface area (Å²) in [5, 5.41) is 0. The van der Waals surface area contributed by atoms with Gasteiger partial charge in [-0.15, -0.1) is 0 Å². The summed E-state index contributed by atoms with van der Waals surface area (Å²) in [5.74, 6) is 0.676. The van der Waals surface area contributed by atoms with Crippen LogP contribution in [0.3, 0.4) is 0 Å². The monoisotopic (exact) mass is 193 g/mol. The Morgan fingerprint density at radius 1 is 1.07 bits per heavy atom. The number of nitrogens with zero attached hydrogens (tertiary/aromatic N) is 1. The molecule has 1 nitrogen and oxygen atoms in total. The van der Waals surface area contributed by atoms with E-state index in [0.717, 1.165) is 6.54 Å². The summed E-state index contributed by atoms with van der Waals surface area (Å²) in [5.41, 5.74) is 6.27. The zero-order valence-electron chi connectivity index (χ0n) is 10.4. The normalized spacial score (nSPS) is 22.9. The Bertz CT molecular complexity index is 282. The number of hydrogen-bond acceptors (Lipinski definition) is 1. The Kier molecular flexibility index (Phi) is 3.54. The Balaban J connectivity index is 2.73. The van der Waals surface area contributed by atoms with Gasteiger partial charge in [-0.3, -0.25) is 0 Å². The molecule has 0 fully saturated rings. The molecule has 1 rings (SSSR count). The molecule has 0 N–H and O–H groups in total. The molecule has 0 aromatic heterocycles. The molecule has 80 valence electrons. The molecule has 1 aliphatic rings. The fourth-order valence-electron chi connectivity index (χ4n) is 2.20. The summed E-state index contributed by atoms with van der Waals surface area (Å²) < 4.78 is 0. The smallest absolute Gasteiger partial charge is 0.00129 e. The molecule has 0 spiro atoms. The molecular weight excluding hydrogens is 170 g/mol. The molecule has 1 aliphatic carbocycles. The van der Waals surface area contributed by atoms with Crippen molar-refractivity contribution in [3.63, 3.8) is 0 Å². The van der Waals surface area contributed by atoms with Crippen LogP contribution in [0.5, 0.6) is 0 Å². The molecular formula is C13H23N. The molecule has 0 aliphatic heterocycles. The van der Waals surface area contributed by atoms with Crippen molar-refractivity contribution < 1.29 is 0 Å². The van der Waals surface area contributed by atoms with Crippen LogP contribution in [-0.4, -0.2) is 25.5 Å². The Hall–Kier alpha value is -0.560. The van der Waals surface area contributed by atoms with Crippen LogP contribution < -0.4 is 0 Å². The van der Waals surface area contributed by atoms with Crippen molar-refractivity contribution in [2.45, 2.75) is 34.1 Å². The third-order valence-electron chi connectivity index (χ3n) is 3.64. The van der Waals surface area contributed by atoms with E-state index in [1.54, 1.807) is 11.1 Å². The van der Waals surface area contributed by atoms with Crippen LogP contribution in [-0.2, 0) is 0 Å². The highest BCUT2D eigenvalue weighted by molar-refractivity contribution is 5.46. The van der Waals surface area contributed by atoms with E-state index in [1.165, 1.54) is 17.6 Å². The van der Waals surface area contributed by atoms with Gasteiger partial charge < -0.3 is 4.90 Å². The van der Waals surface area contributed by atoms with Crippen molar-refractivity contribution in [3.05, 3.63) is 22.3 Å². The van der Waals surface area contributed by atoms with E-state index in [9.17, 15) is 0 Å². The number of allylic oxidation sites excluding steroid dienone is 3. The summed E-state index contributed by atoms with van der Waals surface area (Å²) in [6.07, 6.45) is 1.22. The van der Waals surface area contributed by atoms with E-state index in [1.807, 2.05) is 0 Å². The summed E-state index contributed by atoms with van der Waals surface area (Å²) in [4.78, 5) is 2.26. The summed E-state index contributed by atoms with van der Waals surface area (Å²) in [6, 6.07) is 0. The second-order valence-corrected chi connectivity index (χ2v) is 4.73. The van der Waals surface area contributed by atoms with Gasteiger partial charge in [0.2, 0.25) is 0 Å². The van der Waals surface area contributed by atoms with Gasteiger partial charge in [0, 0.05) is 6.54 Å². The maximum Gasteiger partial charge on any atom is 0.00129 e. The summed E-state index contributed by atoms with van der Waals surface area (Å²) in [6.45, 7) is 10.3. The van der Waals surface area contributed by atoms with Gasteiger partial charge >= 0.3 is 0 Å². The first-order chi connectivity index (χ1) is 6.45. The van der Waals surface area contributed by atoms with E-state index in [4.69, 9.17) is 0 Å². The van der Waals surface area contributed by atoms with Gasteiger partial charge in [0.05, 0.1) is 0 Å². The zero-order valence-corrected chi connectivity index (χ0v) is 10.4. The molecule has 0 aromatic rings. The summed E-state index contributed by atoms with van der Waals surface area (Å²) in [7, 11) is 4.28. The topological polar surface area (TPSA) is 3.24 Å². The minimum atomic E-state index is 0.676. The van der Waals surface area contributed by atoms with Crippen molar-refractivity contribution in [2.24, 2.45) is 5.92 Å². The quantitative estimate of drug-likeness (QED) is 0.665. The van der Waals surface area contributed by atoms with Crippen molar-refractivity contribution in [1.29, 1.82) is 0 Å². The lowest BCUT2D eigenvalue weighted by atomic mass is 9.95. The Morgan fingerprint density at radius 3 is 2.00 bits per heavy atom. The molecule has 0 radical (unpaired) electrons. The average molecular weight is 193 g/mol. The van der Waals surface area contributed by atoms with Crippen molar-refractivity contribution in [2.75, 3.05) is 20.6 Å². The minimum absolute atomic E-state index is 0.676. The molecule has 1 heteroatoms. The van der Waals surface area contributed by atoms with Crippen LogP contribution in [0.15, 0.2) is 22.3 Å². The molecule has 1 unspecified atom stereocenters. The van der Waals surface area contributed by atoms with Gasteiger partial charge in [0.25, 0.3) is 0 Å². The third-order valence-corrected chi connectivity index (χ3v) is 3.64. The lowest BCUT2D eigenvalue weighted by Gasteiger charge is -2.15. The molecule has 0 heterocycles. The lowest BCUT2D eigenvalue weighted by molar-refractivity contribution is 0.408. The SMILES string of the molecule is CC1=C(C)C(C)C(CCN(C)C)=C1C. The fraction of sp³-hybridized carbons (Fsp3) is 0.692. The lowest BCUT2D eigenvalue weighted by Crippen LogP contribution is -2.15. The Labute approximate surface area is 88.5 Å². The number of rotatable bonds is 3. The van der Waals surface area contributed by atoms with Crippen molar-refractivity contribution in [1.82, 2.24) is 4.90 Å². The third kappa shape index (κ3) is 2.09. The van der Waals surface area contributed by atoms with Crippen LogP contribution >= 0.6 is 0 Å². The molecule has 0 saturated heterocycles.